The Bertz CT molecular complexity index is 507. The van der Waals surface area contributed by atoms with E-state index < -0.39 is 0 Å². The molecule has 0 radical (unpaired) electrons. The molecule has 0 saturated carbocycles. The van der Waals surface area contributed by atoms with Crippen LogP contribution in [0, 0.1) is 0 Å². The molecule has 1 heterocycles. The van der Waals surface area contributed by atoms with Gasteiger partial charge in [0.25, 0.3) is 0 Å². The molecule has 0 aliphatic carbocycles. The first-order valence-electron chi connectivity index (χ1n) is 8.00. The van der Waals surface area contributed by atoms with Gasteiger partial charge in [-0.05, 0) is 38.3 Å². The smallest absolute Gasteiger partial charge is 0.138 e. The van der Waals surface area contributed by atoms with Crippen molar-refractivity contribution in [2.45, 2.75) is 52.1 Å². The molecule has 4 nitrogen and oxygen atoms in total. The second kappa shape index (κ2) is 8.57. The molecule has 1 atom stereocenters. The molecular formula is C17H26N4. The largest absolute Gasteiger partial charge is 0.310 e. The van der Waals surface area contributed by atoms with Crippen LogP contribution in [0.5, 0.6) is 0 Å². The van der Waals surface area contributed by atoms with E-state index in [1.807, 2.05) is 4.68 Å². The molecule has 0 bridgehead atoms. The summed E-state index contributed by atoms with van der Waals surface area (Å²) < 4.78 is 1.98. The van der Waals surface area contributed by atoms with Crippen LogP contribution in [0.4, 0.5) is 0 Å². The number of rotatable bonds is 9. The van der Waals surface area contributed by atoms with Crippen molar-refractivity contribution in [3.8, 4) is 0 Å². The Morgan fingerprint density at radius 3 is 2.71 bits per heavy atom. The zero-order valence-electron chi connectivity index (χ0n) is 13.1. The Labute approximate surface area is 127 Å². The molecule has 1 N–H and O–H groups in total. The van der Waals surface area contributed by atoms with Gasteiger partial charge in [-0.2, -0.15) is 5.10 Å². The maximum absolute atomic E-state index is 4.35. The minimum Gasteiger partial charge on any atom is -0.310 e. The Morgan fingerprint density at radius 2 is 2.00 bits per heavy atom. The van der Waals surface area contributed by atoms with Gasteiger partial charge in [0.1, 0.15) is 12.2 Å². The SMILES string of the molecule is CCCNC(CCCc1ncnn1CC)c1ccccc1. The van der Waals surface area contributed by atoms with Gasteiger partial charge in [0.2, 0.25) is 0 Å². The second-order valence-corrected chi connectivity index (χ2v) is 5.30. The van der Waals surface area contributed by atoms with Crippen molar-refractivity contribution in [3.05, 3.63) is 48.0 Å². The van der Waals surface area contributed by atoms with Crippen LogP contribution in [-0.4, -0.2) is 21.3 Å². The standard InChI is InChI=1S/C17H26N4/c1-3-13-18-16(15-9-6-5-7-10-15)11-8-12-17-19-14-20-21(17)4-2/h5-7,9-10,14,16,18H,3-4,8,11-13H2,1-2H3. The maximum atomic E-state index is 4.35. The minimum atomic E-state index is 0.434. The van der Waals surface area contributed by atoms with Crippen molar-refractivity contribution in [1.29, 1.82) is 0 Å². The van der Waals surface area contributed by atoms with E-state index >= 15 is 0 Å². The van der Waals surface area contributed by atoms with Crippen LogP contribution in [0.2, 0.25) is 0 Å². The predicted octanol–water partition coefficient (Wildman–Crippen LogP) is 3.36. The molecule has 0 aliphatic rings. The first kappa shape index (κ1) is 15.7. The molecule has 21 heavy (non-hydrogen) atoms. The highest BCUT2D eigenvalue weighted by Crippen LogP contribution is 2.19. The van der Waals surface area contributed by atoms with E-state index in [1.165, 1.54) is 5.56 Å². The summed E-state index contributed by atoms with van der Waals surface area (Å²) in [7, 11) is 0. The molecule has 0 amide bonds. The molecule has 0 fully saturated rings. The minimum absolute atomic E-state index is 0.434. The molecule has 2 rings (SSSR count). The lowest BCUT2D eigenvalue weighted by molar-refractivity contribution is 0.476. The van der Waals surface area contributed by atoms with Crippen LogP contribution >= 0.6 is 0 Å². The van der Waals surface area contributed by atoms with Gasteiger partial charge in [-0.25, -0.2) is 4.98 Å². The quantitative estimate of drug-likeness (QED) is 0.768. The van der Waals surface area contributed by atoms with E-state index in [2.05, 4.69) is 59.6 Å². The third kappa shape index (κ3) is 4.67. The van der Waals surface area contributed by atoms with Crippen LogP contribution in [-0.2, 0) is 13.0 Å². The highest BCUT2D eigenvalue weighted by atomic mass is 15.3. The first-order valence-corrected chi connectivity index (χ1v) is 8.00. The van der Waals surface area contributed by atoms with Crippen LogP contribution < -0.4 is 5.32 Å². The third-order valence-electron chi connectivity index (χ3n) is 3.73. The zero-order chi connectivity index (χ0) is 14.9. The number of benzene rings is 1. The number of hydrogen-bond donors (Lipinski definition) is 1. The lowest BCUT2D eigenvalue weighted by atomic mass is 10.0. The molecule has 1 unspecified atom stereocenters. The van der Waals surface area contributed by atoms with Gasteiger partial charge in [0.05, 0.1) is 0 Å². The van der Waals surface area contributed by atoms with E-state index in [4.69, 9.17) is 0 Å². The van der Waals surface area contributed by atoms with Gasteiger partial charge < -0.3 is 5.32 Å². The Morgan fingerprint density at radius 1 is 1.19 bits per heavy atom. The van der Waals surface area contributed by atoms with Crippen LogP contribution in [0.3, 0.4) is 0 Å². The lowest BCUT2D eigenvalue weighted by Crippen LogP contribution is -2.22. The average Bonchev–Trinajstić information content (AvgIpc) is 2.99. The van der Waals surface area contributed by atoms with Gasteiger partial charge in [0, 0.05) is 19.0 Å². The number of nitrogens with one attached hydrogen (secondary N) is 1. The van der Waals surface area contributed by atoms with Gasteiger partial charge in [0.15, 0.2) is 0 Å². The van der Waals surface area contributed by atoms with Gasteiger partial charge in [-0.1, -0.05) is 37.3 Å². The Hall–Kier alpha value is -1.68. The highest BCUT2D eigenvalue weighted by molar-refractivity contribution is 5.18. The topological polar surface area (TPSA) is 42.7 Å². The number of hydrogen-bond acceptors (Lipinski definition) is 3. The summed E-state index contributed by atoms with van der Waals surface area (Å²) in [5.41, 5.74) is 1.38. The Balaban J connectivity index is 1.90. The second-order valence-electron chi connectivity index (χ2n) is 5.30. The third-order valence-corrected chi connectivity index (χ3v) is 3.73. The summed E-state index contributed by atoms with van der Waals surface area (Å²) in [5, 5.41) is 7.88. The van der Waals surface area contributed by atoms with Crippen molar-refractivity contribution in [2.75, 3.05) is 6.54 Å². The summed E-state index contributed by atoms with van der Waals surface area (Å²) in [4.78, 5) is 4.35. The lowest BCUT2D eigenvalue weighted by Gasteiger charge is -2.19. The van der Waals surface area contributed by atoms with Gasteiger partial charge >= 0.3 is 0 Å². The summed E-state index contributed by atoms with van der Waals surface area (Å²) in [6, 6.07) is 11.2. The van der Waals surface area contributed by atoms with Crippen LogP contribution in [0.25, 0.3) is 0 Å². The Kier molecular flexibility index (Phi) is 6.41. The summed E-state index contributed by atoms with van der Waals surface area (Å²) in [6.07, 6.45) is 6.05. The monoisotopic (exact) mass is 286 g/mol. The van der Waals surface area contributed by atoms with E-state index in [0.717, 1.165) is 44.6 Å². The molecule has 0 aliphatic heterocycles. The molecule has 2 aromatic rings. The fourth-order valence-corrected chi connectivity index (χ4v) is 2.60. The van der Waals surface area contributed by atoms with Crippen molar-refractivity contribution in [3.63, 3.8) is 0 Å². The number of nitrogens with zero attached hydrogens (tertiary/aromatic N) is 3. The summed E-state index contributed by atoms with van der Waals surface area (Å²) in [6.45, 7) is 6.27. The van der Waals surface area contributed by atoms with Gasteiger partial charge in [-0.15, -0.1) is 0 Å². The van der Waals surface area contributed by atoms with Crippen molar-refractivity contribution < 1.29 is 0 Å². The molecular weight excluding hydrogens is 260 g/mol. The van der Waals surface area contributed by atoms with E-state index in [0.29, 0.717) is 6.04 Å². The molecule has 4 heteroatoms. The zero-order valence-corrected chi connectivity index (χ0v) is 13.1. The molecule has 1 aromatic heterocycles. The molecule has 1 aromatic carbocycles. The first-order chi connectivity index (χ1) is 10.3. The summed E-state index contributed by atoms with van der Waals surface area (Å²) >= 11 is 0. The van der Waals surface area contributed by atoms with Gasteiger partial charge in [-0.3, -0.25) is 4.68 Å². The fourth-order valence-electron chi connectivity index (χ4n) is 2.60. The van der Waals surface area contributed by atoms with E-state index in [1.54, 1.807) is 6.33 Å². The normalized spacial score (nSPS) is 12.5. The van der Waals surface area contributed by atoms with Crippen LogP contribution in [0.1, 0.15) is 50.5 Å². The fraction of sp³-hybridized carbons (Fsp3) is 0.529. The van der Waals surface area contributed by atoms with E-state index in [-0.39, 0.29) is 0 Å². The highest BCUT2D eigenvalue weighted by Gasteiger charge is 2.11. The predicted molar refractivity (Wildman–Crippen MR) is 86.1 cm³/mol. The summed E-state index contributed by atoms with van der Waals surface area (Å²) in [5.74, 6) is 1.10. The molecule has 114 valence electrons. The molecule has 0 spiro atoms. The maximum Gasteiger partial charge on any atom is 0.138 e. The molecule has 0 saturated heterocycles. The van der Waals surface area contributed by atoms with Crippen molar-refractivity contribution in [2.24, 2.45) is 0 Å². The van der Waals surface area contributed by atoms with Crippen molar-refractivity contribution >= 4 is 0 Å². The average molecular weight is 286 g/mol. The number of aryl methyl sites for hydroxylation is 2. The number of aromatic nitrogens is 3. The van der Waals surface area contributed by atoms with E-state index in [9.17, 15) is 0 Å². The van der Waals surface area contributed by atoms with Crippen LogP contribution in [0.15, 0.2) is 36.7 Å². The van der Waals surface area contributed by atoms with Crippen molar-refractivity contribution in [1.82, 2.24) is 20.1 Å².